The summed E-state index contributed by atoms with van der Waals surface area (Å²) in [5.74, 6) is -1.20. The fourth-order valence-corrected chi connectivity index (χ4v) is 3.36. The number of nitriles is 1. The number of hydrogen-bond acceptors (Lipinski definition) is 6. The van der Waals surface area contributed by atoms with Gasteiger partial charge in [-0.15, -0.1) is 11.3 Å². The molecule has 7 nitrogen and oxygen atoms in total. The lowest BCUT2D eigenvalue weighted by atomic mass is 10.2. The van der Waals surface area contributed by atoms with E-state index in [0.29, 0.717) is 21.5 Å². The number of H-pyrrole nitrogens is 1. The van der Waals surface area contributed by atoms with Crippen LogP contribution in [-0.2, 0) is 9.53 Å². The van der Waals surface area contributed by atoms with Gasteiger partial charge >= 0.3 is 5.97 Å². The van der Waals surface area contributed by atoms with E-state index in [-0.39, 0.29) is 5.69 Å². The van der Waals surface area contributed by atoms with E-state index in [1.807, 2.05) is 19.9 Å². The van der Waals surface area contributed by atoms with Gasteiger partial charge < -0.3 is 10.1 Å². The number of aromatic amines is 1. The van der Waals surface area contributed by atoms with Crippen molar-refractivity contribution in [3.05, 3.63) is 46.0 Å². The van der Waals surface area contributed by atoms with E-state index >= 15 is 0 Å². The quantitative estimate of drug-likeness (QED) is 0.700. The molecule has 2 aromatic heterocycles. The van der Waals surface area contributed by atoms with Gasteiger partial charge in [-0.1, -0.05) is 18.2 Å². The largest absolute Gasteiger partial charge is 0.451 e. The van der Waals surface area contributed by atoms with Crippen molar-refractivity contribution in [2.75, 3.05) is 11.9 Å². The maximum absolute atomic E-state index is 12.1. The summed E-state index contributed by atoms with van der Waals surface area (Å²) in [6.45, 7) is 3.24. The molecule has 0 radical (unpaired) electrons. The zero-order chi connectivity index (χ0) is 18.0. The van der Waals surface area contributed by atoms with Crippen molar-refractivity contribution in [1.29, 1.82) is 5.26 Å². The Balaban J connectivity index is 1.66. The lowest BCUT2D eigenvalue weighted by molar-refractivity contribution is -0.119. The number of carbonyl (C=O) groups excluding carboxylic acids is 2. The van der Waals surface area contributed by atoms with Gasteiger partial charge in [-0.05, 0) is 25.5 Å². The first-order chi connectivity index (χ1) is 12.0. The number of aryl methyl sites for hydroxylation is 1. The van der Waals surface area contributed by atoms with Gasteiger partial charge in [0.1, 0.15) is 11.1 Å². The SMILES string of the molecule is Cc1sc(NC(=O)COC(=O)c2n[nH]c3ccccc23)c(C#N)c1C. The van der Waals surface area contributed by atoms with E-state index in [9.17, 15) is 14.9 Å². The van der Waals surface area contributed by atoms with Crippen LogP contribution in [-0.4, -0.2) is 28.7 Å². The Hall–Kier alpha value is -3.18. The van der Waals surface area contributed by atoms with E-state index in [1.54, 1.807) is 18.2 Å². The Morgan fingerprint density at radius 1 is 1.36 bits per heavy atom. The minimum absolute atomic E-state index is 0.129. The molecule has 1 amide bonds. The van der Waals surface area contributed by atoms with Gasteiger partial charge in [0.05, 0.1) is 11.1 Å². The minimum Gasteiger partial charge on any atom is -0.451 e. The van der Waals surface area contributed by atoms with Crippen molar-refractivity contribution in [2.24, 2.45) is 0 Å². The molecule has 0 aliphatic carbocycles. The average molecular weight is 354 g/mol. The summed E-state index contributed by atoms with van der Waals surface area (Å²) in [5.41, 5.74) is 2.11. The molecule has 1 aromatic carbocycles. The summed E-state index contributed by atoms with van der Waals surface area (Å²) >= 11 is 1.32. The van der Waals surface area contributed by atoms with Gasteiger partial charge in [0.2, 0.25) is 0 Å². The van der Waals surface area contributed by atoms with E-state index in [4.69, 9.17) is 4.74 Å². The number of nitrogens with one attached hydrogen (secondary N) is 2. The van der Waals surface area contributed by atoms with Gasteiger partial charge in [-0.2, -0.15) is 10.4 Å². The van der Waals surface area contributed by atoms with Crippen LogP contribution < -0.4 is 5.32 Å². The van der Waals surface area contributed by atoms with Crippen LogP contribution in [0, 0.1) is 25.2 Å². The molecule has 25 heavy (non-hydrogen) atoms. The number of carbonyl (C=O) groups is 2. The third kappa shape index (κ3) is 3.22. The maximum Gasteiger partial charge on any atom is 0.359 e. The molecule has 0 fully saturated rings. The lowest BCUT2D eigenvalue weighted by Crippen LogP contribution is -2.21. The van der Waals surface area contributed by atoms with Gasteiger partial charge in [0.25, 0.3) is 5.91 Å². The predicted octanol–water partition coefficient (Wildman–Crippen LogP) is 2.91. The number of thiophene rings is 1. The summed E-state index contributed by atoms with van der Waals surface area (Å²) in [4.78, 5) is 25.1. The molecule has 2 heterocycles. The number of aromatic nitrogens is 2. The second-order valence-corrected chi connectivity index (χ2v) is 6.57. The number of rotatable bonds is 4. The summed E-state index contributed by atoms with van der Waals surface area (Å²) in [6.07, 6.45) is 0. The first-order valence-corrected chi connectivity index (χ1v) is 8.23. The standard InChI is InChI=1S/C17H14N4O3S/c1-9-10(2)25-16(12(9)7-18)19-14(22)8-24-17(23)15-11-5-3-4-6-13(11)20-21-15/h3-6H,8H2,1-2H3,(H,19,22)(H,20,21). The molecule has 0 saturated carbocycles. The van der Waals surface area contributed by atoms with Crippen LogP contribution in [0.25, 0.3) is 10.9 Å². The van der Waals surface area contributed by atoms with Crippen LogP contribution in [0.1, 0.15) is 26.5 Å². The van der Waals surface area contributed by atoms with Crippen LogP contribution >= 0.6 is 11.3 Å². The molecule has 3 rings (SSSR count). The smallest absolute Gasteiger partial charge is 0.359 e. The van der Waals surface area contributed by atoms with Crippen LogP contribution in [0.3, 0.4) is 0 Å². The van der Waals surface area contributed by atoms with Gasteiger partial charge in [0.15, 0.2) is 12.3 Å². The number of benzene rings is 1. The molecule has 0 aliphatic rings. The highest BCUT2D eigenvalue weighted by molar-refractivity contribution is 7.16. The number of nitrogens with zero attached hydrogens (tertiary/aromatic N) is 2. The van der Waals surface area contributed by atoms with Crippen molar-refractivity contribution < 1.29 is 14.3 Å². The lowest BCUT2D eigenvalue weighted by Gasteiger charge is -2.04. The van der Waals surface area contributed by atoms with E-state index < -0.39 is 18.5 Å². The van der Waals surface area contributed by atoms with Crippen LogP contribution in [0.5, 0.6) is 0 Å². The van der Waals surface area contributed by atoms with Crippen LogP contribution in [0.4, 0.5) is 5.00 Å². The summed E-state index contributed by atoms with van der Waals surface area (Å²) in [5, 5.41) is 19.5. The van der Waals surface area contributed by atoms with Crippen molar-refractivity contribution in [1.82, 2.24) is 10.2 Å². The highest BCUT2D eigenvalue weighted by Gasteiger charge is 2.18. The Bertz CT molecular complexity index is 1010. The van der Waals surface area contributed by atoms with Gasteiger partial charge in [0, 0.05) is 10.3 Å². The normalized spacial score (nSPS) is 10.4. The first kappa shape index (κ1) is 16.7. The molecule has 0 saturated heterocycles. The van der Waals surface area contributed by atoms with E-state index in [1.165, 1.54) is 11.3 Å². The first-order valence-electron chi connectivity index (χ1n) is 7.41. The molecule has 0 spiro atoms. The second kappa shape index (κ2) is 6.75. The number of esters is 1. The van der Waals surface area contributed by atoms with Gasteiger partial charge in [-0.3, -0.25) is 9.89 Å². The fourth-order valence-electron chi connectivity index (χ4n) is 2.33. The maximum atomic E-state index is 12.1. The van der Waals surface area contributed by atoms with Crippen LogP contribution in [0.15, 0.2) is 24.3 Å². The highest BCUT2D eigenvalue weighted by Crippen LogP contribution is 2.31. The van der Waals surface area contributed by atoms with Crippen LogP contribution in [0.2, 0.25) is 0 Å². The monoisotopic (exact) mass is 354 g/mol. The van der Waals surface area contributed by atoms with E-state index in [0.717, 1.165) is 10.4 Å². The second-order valence-electron chi connectivity index (χ2n) is 5.34. The average Bonchev–Trinajstić information content (AvgIpc) is 3.14. The summed E-state index contributed by atoms with van der Waals surface area (Å²) < 4.78 is 5.03. The molecule has 0 unspecified atom stereocenters. The van der Waals surface area contributed by atoms with Crippen molar-refractivity contribution >= 4 is 39.1 Å². The minimum atomic E-state index is -0.688. The molecule has 8 heteroatoms. The predicted molar refractivity (Wildman–Crippen MR) is 93.5 cm³/mol. The van der Waals surface area contributed by atoms with Crippen molar-refractivity contribution in [3.63, 3.8) is 0 Å². The molecular formula is C17H14N4O3S. The Morgan fingerprint density at radius 3 is 2.88 bits per heavy atom. The van der Waals surface area contributed by atoms with E-state index in [2.05, 4.69) is 21.6 Å². The molecule has 3 aromatic rings. The Labute approximate surface area is 147 Å². The molecule has 2 N–H and O–H groups in total. The van der Waals surface area contributed by atoms with Crippen molar-refractivity contribution in [2.45, 2.75) is 13.8 Å². The zero-order valence-corrected chi connectivity index (χ0v) is 14.4. The third-order valence-corrected chi connectivity index (χ3v) is 4.87. The highest BCUT2D eigenvalue weighted by atomic mass is 32.1. The summed E-state index contributed by atoms with van der Waals surface area (Å²) in [6, 6.07) is 9.21. The topological polar surface area (TPSA) is 108 Å². The Kier molecular flexibility index (Phi) is 4.50. The summed E-state index contributed by atoms with van der Waals surface area (Å²) in [7, 11) is 0. The molecule has 0 aliphatic heterocycles. The third-order valence-electron chi connectivity index (χ3n) is 3.75. The number of anilines is 1. The molecule has 0 bridgehead atoms. The van der Waals surface area contributed by atoms with Crippen molar-refractivity contribution in [3.8, 4) is 6.07 Å². The number of fused-ring (bicyclic) bond motifs is 1. The molecule has 0 atom stereocenters. The fraction of sp³-hybridized carbons (Fsp3) is 0.176. The molecule has 126 valence electrons. The zero-order valence-electron chi connectivity index (χ0n) is 13.5. The number of ether oxygens (including phenoxy) is 1. The Morgan fingerprint density at radius 2 is 2.12 bits per heavy atom. The number of hydrogen-bond donors (Lipinski definition) is 2. The number of para-hydroxylation sites is 1. The number of amides is 1. The molecular weight excluding hydrogens is 340 g/mol. The van der Waals surface area contributed by atoms with Gasteiger partial charge in [-0.25, -0.2) is 4.79 Å².